The van der Waals surface area contributed by atoms with E-state index < -0.39 is 29.8 Å². The van der Waals surface area contributed by atoms with Gasteiger partial charge >= 0.3 is 6.03 Å². The Morgan fingerprint density at radius 1 is 1.09 bits per heavy atom. The summed E-state index contributed by atoms with van der Waals surface area (Å²) in [6.07, 6.45) is 7.01. The summed E-state index contributed by atoms with van der Waals surface area (Å²) in [5.41, 5.74) is 6.67. The van der Waals surface area contributed by atoms with Gasteiger partial charge in [-0.3, -0.25) is 9.69 Å². The normalized spacial score (nSPS) is 15.8. The van der Waals surface area contributed by atoms with Crippen molar-refractivity contribution in [2.45, 2.75) is 12.1 Å². The summed E-state index contributed by atoms with van der Waals surface area (Å²) < 4.78 is 14.7. The van der Waals surface area contributed by atoms with Crippen LogP contribution < -0.4 is 16.0 Å². The minimum Gasteiger partial charge on any atom is -0.351 e. The molecule has 0 saturated carbocycles. The molecule has 9 heteroatoms. The highest BCUT2D eigenvalue weighted by Crippen LogP contribution is 2.30. The summed E-state index contributed by atoms with van der Waals surface area (Å²) in [5.74, 6) is -1.24. The van der Waals surface area contributed by atoms with Gasteiger partial charge in [0.15, 0.2) is 0 Å². The minimum absolute atomic E-state index is 0.0115. The number of urea groups is 1. The van der Waals surface area contributed by atoms with Crippen LogP contribution in [0.3, 0.4) is 0 Å². The number of halogens is 2. The van der Waals surface area contributed by atoms with Crippen LogP contribution in [0, 0.1) is 5.82 Å². The molecule has 3 N–H and O–H groups in total. The van der Waals surface area contributed by atoms with Gasteiger partial charge in [0.05, 0.1) is 11.8 Å². The standard InChI is InChI=1S/C23H23ClFN5O2/c1-29(2)28-17-11-9-16(10-12-17)27-22(31)21(19-5-3-4-6-20(19)25)30(23(26)32)18-13-7-15(24)8-14-18/h3-14,16,21H,1-2H3,(H2,26,32)(H,27,31). The van der Waals surface area contributed by atoms with Crippen molar-refractivity contribution in [3.05, 3.63) is 89.2 Å². The number of nitrogens with one attached hydrogen (secondary N) is 1. The van der Waals surface area contributed by atoms with Gasteiger partial charge in [0.2, 0.25) is 5.91 Å². The van der Waals surface area contributed by atoms with Crippen LogP contribution in [0.5, 0.6) is 0 Å². The number of hydrogen-bond acceptors (Lipinski definition) is 4. The number of benzene rings is 2. The van der Waals surface area contributed by atoms with Gasteiger partial charge < -0.3 is 16.1 Å². The number of rotatable bonds is 6. The Morgan fingerprint density at radius 2 is 1.72 bits per heavy atom. The molecule has 0 fully saturated rings. The number of amides is 3. The zero-order chi connectivity index (χ0) is 23.3. The van der Waals surface area contributed by atoms with E-state index in [0.717, 1.165) is 4.90 Å². The molecule has 0 bridgehead atoms. The van der Waals surface area contributed by atoms with Crippen molar-refractivity contribution in [3.8, 4) is 0 Å². The summed E-state index contributed by atoms with van der Waals surface area (Å²) >= 11 is 5.95. The predicted octanol–water partition coefficient (Wildman–Crippen LogP) is 3.63. The zero-order valence-electron chi connectivity index (χ0n) is 17.6. The lowest BCUT2D eigenvalue weighted by Gasteiger charge is -2.31. The number of anilines is 1. The van der Waals surface area contributed by atoms with Crippen molar-refractivity contribution in [2.75, 3.05) is 19.0 Å². The molecule has 0 spiro atoms. The first kappa shape index (κ1) is 23.0. The first-order chi connectivity index (χ1) is 15.3. The molecule has 1 aliphatic rings. The van der Waals surface area contributed by atoms with Gasteiger partial charge in [-0.05, 0) is 42.5 Å². The van der Waals surface area contributed by atoms with E-state index in [1.54, 1.807) is 73.7 Å². The van der Waals surface area contributed by atoms with Crippen molar-refractivity contribution in [1.82, 2.24) is 10.3 Å². The zero-order valence-corrected chi connectivity index (χ0v) is 18.3. The molecule has 1 unspecified atom stereocenters. The predicted molar refractivity (Wildman–Crippen MR) is 124 cm³/mol. The van der Waals surface area contributed by atoms with E-state index in [0.29, 0.717) is 16.4 Å². The maximum Gasteiger partial charge on any atom is 0.320 e. The lowest BCUT2D eigenvalue weighted by molar-refractivity contribution is -0.122. The molecule has 7 nitrogen and oxygen atoms in total. The number of nitrogens with two attached hydrogens (primary N) is 1. The average molecular weight is 456 g/mol. The lowest BCUT2D eigenvalue weighted by Crippen LogP contribution is -2.48. The van der Waals surface area contributed by atoms with Crippen LogP contribution in [0.15, 0.2) is 77.9 Å². The Morgan fingerprint density at radius 3 is 2.28 bits per heavy atom. The molecule has 32 heavy (non-hydrogen) atoms. The number of hydrogen-bond donors (Lipinski definition) is 2. The van der Waals surface area contributed by atoms with Crippen molar-refractivity contribution in [2.24, 2.45) is 10.8 Å². The van der Waals surface area contributed by atoms with Crippen LogP contribution in [0.4, 0.5) is 14.9 Å². The highest BCUT2D eigenvalue weighted by Gasteiger charge is 2.34. The van der Waals surface area contributed by atoms with E-state index in [1.165, 1.54) is 18.2 Å². The van der Waals surface area contributed by atoms with Gasteiger partial charge in [-0.1, -0.05) is 42.0 Å². The van der Waals surface area contributed by atoms with Crippen LogP contribution in [-0.2, 0) is 4.79 Å². The quantitative estimate of drug-likeness (QED) is 0.651. The van der Waals surface area contributed by atoms with E-state index in [4.69, 9.17) is 17.3 Å². The number of hydrazone groups is 1. The smallest absolute Gasteiger partial charge is 0.320 e. The summed E-state index contributed by atoms with van der Waals surface area (Å²) in [6.45, 7) is 0. The Bertz CT molecular complexity index is 1070. The third kappa shape index (κ3) is 5.53. The Balaban J connectivity index is 1.95. The SMILES string of the molecule is CN(C)N=C1C=CC(NC(=O)C(c2ccccc2F)N(C(N)=O)c2ccc(Cl)cc2)C=C1. The number of carbonyl (C=O) groups excluding carboxylic acids is 2. The van der Waals surface area contributed by atoms with Gasteiger partial charge in [-0.2, -0.15) is 5.10 Å². The Hall–Kier alpha value is -3.65. The topological polar surface area (TPSA) is 91.0 Å². The van der Waals surface area contributed by atoms with Crippen LogP contribution >= 0.6 is 11.6 Å². The molecule has 0 saturated heterocycles. The Kier molecular flexibility index (Phi) is 7.27. The van der Waals surface area contributed by atoms with Crippen LogP contribution in [0.1, 0.15) is 11.6 Å². The summed E-state index contributed by atoms with van der Waals surface area (Å²) in [7, 11) is 3.60. The van der Waals surface area contributed by atoms with Crippen molar-refractivity contribution in [1.29, 1.82) is 0 Å². The van der Waals surface area contributed by atoms with E-state index >= 15 is 0 Å². The fraction of sp³-hybridized carbons (Fsp3) is 0.174. The molecule has 2 aromatic rings. The summed E-state index contributed by atoms with van der Waals surface area (Å²) in [4.78, 5) is 26.8. The first-order valence-electron chi connectivity index (χ1n) is 9.77. The number of primary amides is 1. The van der Waals surface area contributed by atoms with Crippen molar-refractivity contribution < 1.29 is 14.0 Å². The molecule has 166 valence electrons. The van der Waals surface area contributed by atoms with Gasteiger partial charge in [0.1, 0.15) is 11.9 Å². The molecule has 0 aromatic heterocycles. The molecule has 0 aliphatic heterocycles. The molecule has 1 aliphatic carbocycles. The lowest BCUT2D eigenvalue weighted by atomic mass is 10.0. The van der Waals surface area contributed by atoms with Gasteiger partial charge in [-0.25, -0.2) is 9.18 Å². The monoisotopic (exact) mass is 455 g/mol. The molecule has 1 atom stereocenters. The molecule has 2 aromatic carbocycles. The molecular formula is C23H23ClFN5O2. The largest absolute Gasteiger partial charge is 0.351 e. The van der Waals surface area contributed by atoms with E-state index in [1.807, 2.05) is 0 Å². The fourth-order valence-corrected chi connectivity index (χ4v) is 3.39. The number of nitrogens with zero attached hydrogens (tertiary/aromatic N) is 3. The van der Waals surface area contributed by atoms with Crippen LogP contribution in [0.25, 0.3) is 0 Å². The van der Waals surface area contributed by atoms with E-state index in [9.17, 15) is 14.0 Å². The van der Waals surface area contributed by atoms with E-state index in [-0.39, 0.29) is 5.56 Å². The van der Waals surface area contributed by atoms with Crippen molar-refractivity contribution >= 4 is 34.9 Å². The first-order valence-corrected chi connectivity index (χ1v) is 10.2. The van der Waals surface area contributed by atoms with Gasteiger partial charge in [0, 0.05) is 30.4 Å². The van der Waals surface area contributed by atoms with Crippen LogP contribution in [0.2, 0.25) is 5.02 Å². The average Bonchev–Trinajstić information content (AvgIpc) is 2.74. The maximum absolute atomic E-state index is 14.7. The molecule has 0 heterocycles. The van der Waals surface area contributed by atoms with Crippen molar-refractivity contribution in [3.63, 3.8) is 0 Å². The molecule has 3 rings (SSSR count). The molecule has 0 radical (unpaired) electrons. The third-order valence-corrected chi connectivity index (χ3v) is 4.87. The Labute approximate surface area is 190 Å². The van der Waals surface area contributed by atoms with Gasteiger partial charge in [-0.15, -0.1) is 0 Å². The second kappa shape index (κ2) is 10.1. The number of allylic oxidation sites excluding steroid dienone is 2. The molecule has 3 amide bonds. The second-order valence-electron chi connectivity index (χ2n) is 7.23. The highest BCUT2D eigenvalue weighted by atomic mass is 35.5. The van der Waals surface area contributed by atoms with Crippen LogP contribution in [-0.4, -0.2) is 42.8 Å². The van der Waals surface area contributed by atoms with Gasteiger partial charge in [0.25, 0.3) is 0 Å². The fourth-order valence-electron chi connectivity index (χ4n) is 3.26. The third-order valence-electron chi connectivity index (χ3n) is 4.62. The summed E-state index contributed by atoms with van der Waals surface area (Å²) in [6, 6.07) is 9.23. The van der Waals surface area contributed by atoms with E-state index in [2.05, 4.69) is 10.4 Å². The maximum atomic E-state index is 14.7. The summed E-state index contributed by atoms with van der Waals surface area (Å²) in [5, 5.41) is 9.19. The highest BCUT2D eigenvalue weighted by molar-refractivity contribution is 6.30. The second-order valence-corrected chi connectivity index (χ2v) is 7.67. The number of carbonyl (C=O) groups is 2. The minimum atomic E-state index is -1.34. The molecular weight excluding hydrogens is 433 g/mol.